The fraction of sp³-hybridized carbons (Fsp3) is 0.611. The highest BCUT2D eigenvalue weighted by molar-refractivity contribution is 5.77. The van der Waals surface area contributed by atoms with E-state index in [-0.39, 0.29) is 11.8 Å². The van der Waals surface area contributed by atoms with Gasteiger partial charge in [-0.15, -0.1) is 0 Å². The van der Waals surface area contributed by atoms with E-state index >= 15 is 0 Å². The minimum Gasteiger partial charge on any atom is -0.497 e. The summed E-state index contributed by atoms with van der Waals surface area (Å²) in [5.41, 5.74) is 6.62. The molecule has 0 aliphatic carbocycles. The number of hydrogen-bond donors (Lipinski definition) is 1. The van der Waals surface area contributed by atoms with Crippen molar-refractivity contribution in [2.24, 2.45) is 5.73 Å². The third-order valence-corrected chi connectivity index (χ3v) is 4.62. The topological polar surface area (TPSA) is 68.0 Å². The number of rotatable bonds is 7. The van der Waals surface area contributed by atoms with Crippen LogP contribution >= 0.6 is 0 Å². The molecule has 1 amide bonds. The lowest BCUT2D eigenvalue weighted by Gasteiger charge is -2.35. The summed E-state index contributed by atoms with van der Waals surface area (Å²) in [5.74, 6) is 1.82. The second kappa shape index (κ2) is 8.89. The maximum atomic E-state index is 12.6. The lowest BCUT2D eigenvalue weighted by Crippen LogP contribution is -2.49. The minimum atomic E-state index is 0.0976. The highest BCUT2D eigenvalue weighted by atomic mass is 16.5. The Morgan fingerprint density at radius 3 is 2.50 bits per heavy atom. The summed E-state index contributed by atoms with van der Waals surface area (Å²) in [6, 6.07) is 5.75. The van der Waals surface area contributed by atoms with Gasteiger partial charge in [-0.2, -0.15) is 0 Å². The molecule has 6 heteroatoms. The van der Waals surface area contributed by atoms with E-state index in [0.29, 0.717) is 13.0 Å². The van der Waals surface area contributed by atoms with Crippen LogP contribution in [0.3, 0.4) is 0 Å². The summed E-state index contributed by atoms with van der Waals surface area (Å²) >= 11 is 0. The highest BCUT2D eigenvalue weighted by Gasteiger charge is 2.23. The molecule has 1 atom stereocenters. The van der Waals surface area contributed by atoms with Gasteiger partial charge >= 0.3 is 0 Å². The van der Waals surface area contributed by atoms with Gasteiger partial charge < -0.3 is 20.1 Å². The van der Waals surface area contributed by atoms with Crippen LogP contribution in [0, 0.1) is 0 Å². The molecule has 0 saturated carbocycles. The van der Waals surface area contributed by atoms with Crippen LogP contribution in [0.4, 0.5) is 0 Å². The van der Waals surface area contributed by atoms with E-state index in [2.05, 4.69) is 11.8 Å². The summed E-state index contributed by atoms with van der Waals surface area (Å²) in [6.45, 7) is 7.01. The van der Waals surface area contributed by atoms with Gasteiger partial charge in [0, 0.05) is 51.8 Å². The molecule has 24 heavy (non-hydrogen) atoms. The third-order valence-electron chi connectivity index (χ3n) is 4.62. The molecular weight excluding hydrogens is 306 g/mol. The molecule has 1 aliphatic rings. The summed E-state index contributed by atoms with van der Waals surface area (Å²) in [7, 11) is 3.27. The predicted octanol–water partition coefficient (Wildman–Crippen LogP) is 1.30. The summed E-state index contributed by atoms with van der Waals surface area (Å²) in [5, 5.41) is 0. The smallest absolute Gasteiger partial charge is 0.223 e. The van der Waals surface area contributed by atoms with Gasteiger partial charge in [-0.3, -0.25) is 9.69 Å². The Bertz CT molecular complexity index is 542. The molecule has 6 nitrogen and oxygen atoms in total. The first kappa shape index (κ1) is 18.5. The molecule has 134 valence electrons. The number of carbonyl (C=O) groups excluding carboxylic acids is 1. The number of carbonyl (C=O) groups is 1. The van der Waals surface area contributed by atoms with Gasteiger partial charge in [0.15, 0.2) is 0 Å². The Labute approximate surface area is 144 Å². The molecular formula is C18H29N3O3. The zero-order valence-electron chi connectivity index (χ0n) is 15.0. The highest BCUT2D eigenvalue weighted by Crippen LogP contribution is 2.32. The lowest BCUT2D eigenvalue weighted by molar-refractivity contribution is -0.133. The van der Waals surface area contributed by atoms with E-state index < -0.39 is 0 Å². The van der Waals surface area contributed by atoms with Crippen LogP contribution in [0.1, 0.15) is 24.8 Å². The zero-order chi connectivity index (χ0) is 17.5. The van der Waals surface area contributed by atoms with E-state index in [9.17, 15) is 4.79 Å². The summed E-state index contributed by atoms with van der Waals surface area (Å²) in [6.07, 6.45) is 0.486. The van der Waals surface area contributed by atoms with Gasteiger partial charge in [0.05, 0.1) is 14.2 Å². The third kappa shape index (κ3) is 4.61. The average Bonchev–Trinajstić information content (AvgIpc) is 2.61. The van der Waals surface area contributed by atoms with Crippen molar-refractivity contribution in [3.8, 4) is 11.5 Å². The Morgan fingerprint density at radius 2 is 1.92 bits per heavy atom. The van der Waals surface area contributed by atoms with Crippen LogP contribution < -0.4 is 15.2 Å². The summed E-state index contributed by atoms with van der Waals surface area (Å²) < 4.78 is 10.7. The quantitative estimate of drug-likeness (QED) is 0.813. The van der Waals surface area contributed by atoms with Gasteiger partial charge in [-0.1, -0.05) is 13.0 Å². The van der Waals surface area contributed by atoms with Gasteiger partial charge in [-0.05, 0) is 17.5 Å². The SMILES string of the molecule is COc1ccc(C(C)CC(=O)N2CCN(CCN)CC2)c(OC)c1. The van der Waals surface area contributed by atoms with Gasteiger partial charge in [0.1, 0.15) is 11.5 Å². The first-order valence-electron chi connectivity index (χ1n) is 8.51. The Morgan fingerprint density at radius 1 is 1.21 bits per heavy atom. The molecule has 1 saturated heterocycles. The largest absolute Gasteiger partial charge is 0.497 e. The molecule has 1 fully saturated rings. The van der Waals surface area contributed by atoms with Crippen molar-refractivity contribution in [2.75, 3.05) is 53.5 Å². The monoisotopic (exact) mass is 335 g/mol. The van der Waals surface area contributed by atoms with Crippen molar-refractivity contribution in [3.05, 3.63) is 23.8 Å². The molecule has 1 unspecified atom stereocenters. The fourth-order valence-corrected chi connectivity index (χ4v) is 3.13. The Balaban J connectivity index is 1.94. The number of nitrogens with two attached hydrogens (primary N) is 1. The van der Waals surface area contributed by atoms with E-state index in [1.807, 2.05) is 23.1 Å². The van der Waals surface area contributed by atoms with Crippen LogP contribution in [0.15, 0.2) is 18.2 Å². The van der Waals surface area contributed by atoms with Crippen LogP contribution in [0.5, 0.6) is 11.5 Å². The number of nitrogens with zero attached hydrogens (tertiary/aromatic N) is 2. The standard InChI is InChI=1S/C18H29N3O3/c1-14(16-5-4-15(23-2)13-17(16)24-3)12-18(22)21-10-8-20(7-6-19)9-11-21/h4-5,13-14H,6-12,19H2,1-3H3. The van der Waals surface area contributed by atoms with Crippen molar-refractivity contribution >= 4 is 5.91 Å². The van der Waals surface area contributed by atoms with Gasteiger partial charge in [-0.25, -0.2) is 0 Å². The molecule has 2 N–H and O–H groups in total. The predicted molar refractivity (Wildman–Crippen MR) is 94.7 cm³/mol. The number of methoxy groups -OCH3 is 2. The van der Waals surface area contributed by atoms with Crippen LogP contribution in [0.2, 0.25) is 0 Å². The fourth-order valence-electron chi connectivity index (χ4n) is 3.13. The first-order chi connectivity index (χ1) is 11.6. The minimum absolute atomic E-state index is 0.0976. The number of ether oxygens (including phenoxy) is 2. The Kier molecular flexibility index (Phi) is 6.87. The molecule has 0 aromatic heterocycles. The van der Waals surface area contributed by atoms with Crippen molar-refractivity contribution in [1.29, 1.82) is 0 Å². The number of amides is 1. The number of hydrogen-bond acceptors (Lipinski definition) is 5. The zero-order valence-corrected chi connectivity index (χ0v) is 15.0. The Hall–Kier alpha value is -1.79. The lowest BCUT2D eigenvalue weighted by atomic mass is 9.96. The van der Waals surface area contributed by atoms with Crippen molar-refractivity contribution in [3.63, 3.8) is 0 Å². The molecule has 0 bridgehead atoms. The second-order valence-electron chi connectivity index (χ2n) is 6.22. The van der Waals surface area contributed by atoms with Gasteiger partial charge in [0.25, 0.3) is 0 Å². The average molecular weight is 335 g/mol. The molecule has 1 heterocycles. The molecule has 2 rings (SSSR count). The first-order valence-corrected chi connectivity index (χ1v) is 8.51. The van der Waals surface area contributed by atoms with E-state index in [4.69, 9.17) is 15.2 Å². The molecule has 0 radical (unpaired) electrons. The van der Waals surface area contributed by atoms with E-state index in [1.54, 1.807) is 14.2 Å². The number of piperazine rings is 1. The van der Waals surface area contributed by atoms with Crippen LogP contribution in [-0.4, -0.2) is 69.2 Å². The van der Waals surface area contributed by atoms with Crippen molar-refractivity contribution in [1.82, 2.24) is 9.80 Å². The summed E-state index contributed by atoms with van der Waals surface area (Å²) in [4.78, 5) is 16.8. The normalized spacial score (nSPS) is 16.8. The number of benzene rings is 1. The molecule has 0 spiro atoms. The van der Waals surface area contributed by atoms with Crippen molar-refractivity contribution in [2.45, 2.75) is 19.3 Å². The van der Waals surface area contributed by atoms with Crippen LogP contribution in [-0.2, 0) is 4.79 Å². The molecule has 1 aromatic carbocycles. The van der Waals surface area contributed by atoms with Gasteiger partial charge in [0.2, 0.25) is 5.91 Å². The second-order valence-corrected chi connectivity index (χ2v) is 6.22. The molecule has 1 aliphatic heterocycles. The molecule has 1 aromatic rings. The van der Waals surface area contributed by atoms with Crippen molar-refractivity contribution < 1.29 is 14.3 Å². The maximum absolute atomic E-state index is 12.6. The van der Waals surface area contributed by atoms with Crippen LogP contribution in [0.25, 0.3) is 0 Å². The maximum Gasteiger partial charge on any atom is 0.223 e. The van der Waals surface area contributed by atoms with E-state index in [1.165, 1.54) is 0 Å². The van der Waals surface area contributed by atoms with E-state index in [0.717, 1.165) is 49.8 Å².